The van der Waals surface area contributed by atoms with E-state index in [9.17, 15) is 54.6 Å². The highest BCUT2D eigenvalue weighted by atomic mass is 16.7. The summed E-state index contributed by atoms with van der Waals surface area (Å²) in [4.78, 5) is 71.4. The van der Waals surface area contributed by atoms with Gasteiger partial charge in [-0.25, -0.2) is 14.4 Å². The molecule has 468 valence electrons. The van der Waals surface area contributed by atoms with Crippen LogP contribution in [-0.2, 0) is 90.5 Å². The van der Waals surface area contributed by atoms with Gasteiger partial charge in [-0.15, -0.1) is 0 Å². The highest BCUT2D eigenvalue weighted by molar-refractivity contribution is 5.93. The third-order valence-electron chi connectivity index (χ3n) is 16.4. The van der Waals surface area contributed by atoms with Crippen molar-refractivity contribution in [1.29, 1.82) is 0 Å². The second-order valence-corrected chi connectivity index (χ2v) is 22.2. The fourth-order valence-corrected chi connectivity index (χ4v) is 11.8. The Kier molecular flexibility index (Phi) is 21.3. The summed E-state index contributed by atoms with van der Waals surface area (Å²) in [5.41, 5.74) is 8.68. The summed E-state index contributed by atoms with van der Waals surface area (Å²) >= 11 is 0. The standard InChI is InChI=1S/C41H41NO11.C32H29NO5/c1-2-20-50-40(49)37-34(45)33(44)35(46)41(52-37)53-39(48)31-21-30-28(18-19-29(23-43)36(30)51-24-25-12-6-3-7-13-25)22-42(31)38(47)32(26-14-8-4-9-15-26)27-16-10-5-11-17-27;34-20-26-17-16-25-19-33(31(35)29(23-12-6-2-7-13-23)24-14-8-3-9-15-24)28(32(36)37)18-27(25)30(26)38-21-22-10-4-1-5-11-22/h2-19,31-35,37,41,43-46H,1,20-24H2;1-17,28-29,34H,18-21H2,(H,36,37)/t31?,33-,34-,35+,37-,41-;28-/m00/s1. The number of amides is 2. The van der Waals surface area contributed by atoms with Gasteiger partial charge in [0.1, 0.15) is 61.7 Å². The third kappa shape index (κ3) is 14.8. The SMILES string of the molecule is C=CCOC(=O)[C@H]1O[C@@H](OC(=O)C2Cc3c(ccc(CO)c3OCc3ccccc3)CN2C(=O)C(c2ccccc2)c2ccccc2)[C@H](O)[C@@H](O)[C@@H]1O.O=C(O)[C@@H]1Cc2c(ccc(CO)c2OCc2ccccc2)CN1C(=O)C(c1ccccc1)c1ccccc1. The molecule has 0 saturated carbocycles. The van der Waals surface area contributed by atoms with Crippen LogP contribution in [0.2, 0.25) is 0 Å². The average Bonchev–Trinajstić information content (AvgIpc) is 1.11. The van der Waals surface area contributed by atoms with Gasteiger partial charge in [-0.05, 0) is 44.5 Å². The lowest BCUT2D eigenvalue weighted by Gasteiger charge is -2.41. The van der Waals surface area contributed by atoms with Crippen LogP contribution in [0.4, 0.5) is 0 Å². The van der Waals surface area contributed by atoms with Gasteiger partial charge < -0.3 is 64.1 Å². The number of esters is 2. The molecule has 1 saturated heterocycles. The van der Waals surface area contributed by atoms with E-state index in [1.54, 1.807) is 18.2 Å². The first-order valence-electron chi connectivity index (χ1n) is 29.8. The molecule has 18 nitrogen and oxygen atoms in total. The first-order valence-corrected chi connectivity index (χ1v) is 29.8. The molecular formula is C73H70N2O16. The molecule has 0 aliphatic carbocycles. The molecule has 8 aromatic carbocycles. The van der Waals surface area contributed by atoms with E-state index in [1.165, 1.54) is 15.9 Å². The molecule has 3 aliphatic heterocycles. The van der Waals surface area contributed by atoms with Crippen LogP contribution in [-0.4, -0.2) is 120 Å². The Morgan fingerprint density at radius 3 is 1.27 bits per heavy atom. The smallest absolute Gasteiger partial charge is 0.338 e. The molecule has 3 heterocycles. The van der Waals surface area contributed by atoms with Crippen molar-refractivity contribution in [3.05, 3.63) is 286 Å². The number of carboxylic acids is 1. The summed E-state index contributed by atoms with van der Waals surface area (Å²) in [7, 11) is 0. The largest absolute Gasteiger partial charge is 0.488 e. The summed E-state index contributed by atoms with van der Waals surface area (Å²) in [6, 6.07) is 61.0. The van der Waals surface area contributed by atoms with Gasteiger partial charge in [-0.1, -0.05) is 219 Å². The van der Waals surface area contributed by atoms with E-state index in [0.29, 0.717) is 44.9 Å². The summed E-state index contributed by atoms with van der Waals surface area (Å²) in [6.45, 7) is 3.19. The normalized spacial score (nSPS) is 19.2. The molecule has 18 heteroatoms. The van der Waals surface area contributed by atoms with Gasteiger partial charge in [0.2, 0.25) is 18.1 Å². The topological polar surface area (TPSA) is 259 Å². The van der Waals surface area contributed by atoms with Gasteiger partial charge in [0, 0.05) is 48.2 Å². The van der Waals surface area contributed by atoms with Crippen molar-refractivity contribution in [3.63, 3.8) is 0 Å². The maximum atomic E-state index is 14.9. The van der Waals surface area contributed by atoms with Crippen LogP contribution in [0, 0.1) is 0 Å². The molecule has 11 rings (SSSR count). The van der Waals surface area contributed by atoms with E-state index in [-0.39, 0.29) is 64.9 Å². The van der Waals surface area contributed by atoms with Gasteiger partial charge >= 0.3 is 17.9 Å². The fraction of sp³-hybridized carbons (Fsp3) is 0.247. The number of benzene rings is 8. The van der Waals surface area contributed by atoms with Gasteiger partial charge in [0.05, 0.1) is 25.0 Å². The summed E-state index contributed by atoms with van der Waals surface area (Å²) in [5.74, 6) is -4.45. The zero-order chi connectivity index (χ0) is 64.0. The molecule has 0 radical (unpaired) electrons. The van der Waals surface area contributed by atoms with Crippen LogP contribution in [0.3, 0.4) is 0 Å². The molecule has 7 atom stereocenters. The maximum absolute atomic E-state index is 14.9. The minimum absolute atomic E-state index is 0.0522. The van der Waals surface area contributed by atoms with E-state index < -0.39 is 78.4 Å². The van der Waals surface area contributed by atoms with E-state index in [2.05, 4.69) is 6.58 Å². The molecule has 3 aliphatic rings. The maximum Gasteiger partial charge on any atom is 0.338 e. The molecule has 0 aromatic heterocycles. The highest BCUT2D eigenvalue weighted by Gasteiger charge is 2.51. The number of carbonyl (C=O) groups excluding carboxylic acids is 4. The van der Waals surface area contributed by atoms with E-state index in [0.717, 1.165) is 33.4 Å². The zero-order valence-corrected chi connectivity index (χ0v) is 49.6. The first-order chi connectivity index (χ1) is 44.3. The number of nitrogens with zero attached hydrogens (tertiary/aromatic N) is 2. The minimum Gasteiger partial charge on any atom is -0.488 e. The Hall–Kier alpha value is -9.79. The van der Waals surface area contributed by atoms with Gasteiger partial charge in [-0.2, -0.15) is 0 Å². The van der Waals surface area contributed by atoms with E-state index in [4.69, 9.17) is 23.7 Å². The highest BCUT2D eigenvalue weighted by Crippen LogP contribution is 2.40. The number of aliphatic carboxylic acids is 1. The predicted molar refractivity (Wildman–Crippen MR) is 333 cm³/mol. The van der Waals surface area contributed by atoms with Crippen LogP contribution in [0.15, 0.2) is 219 Å². The Morgan fingerprint density at radius 2 is 0.890 bits per heavy atom. The van der Waals surface area contributed by atoms with Gasteiger partial charge in [0.15, 0.2) is 6.10 Å². The van der Waals surface area contributed by atoms with E-state index >= 15 is 0 Å². The van der Waals surface area contributed by atoms with Crippen molar-refractivity contribution in [3.8, 4) is 11.5 Å². The number of aliphatic hydroxyl groups is 5. The quantitative estimate of drug-likeness (QED) is 0.0314. The molecular weight excluding hydrogens is 1160 g/mol. The molecule has 1 unspecified atom stereocenters. The lowest BCUT2D eigenvalue weighted by molar-refractivity contribution is -0.288. The molecule has 8 aromatic rings. The number of carboxylic acid groups (broad SMARTS) is 1. The minimum atomic E-state index is -1.95. The number of rotatable bonds is 20. The Morgan fingerprint density at radius 1 is 0.505 bits per heavy atom. The molecule has 91 heavy (non-hydrogen) atoms. The van der Waals surface area contributed by atoms with Crippen molar-refractivity contribution in [2.75, 3.05) is 6.61 Å². The van der Waals surface area contributed by atoms with Crippen molar-refractivity contribution >= 4 is 29.7 Å². The van der Waals surface area contributed by atoms with E-state index in [1.807, 2.05) is 188 Å². The Labute approximate surface area is 526 Å². The fourth-order valence-electron chi connectivity index (χ4n) is 11.8. The van der Waals surface area contributed by atoms with Crippen LogP contribution in [0.1, 0.15) is 78.6 Å². The van der Waals surface area contributed by atoms with Gasteiger partial charge in [-0.3, -0.25) is 9.59 Å². The summed E-state index contributed by atoms with van der Waals surface area (Å²) < 4.78 is 28.6. The van der Waals surface area contributed by atoms with Gasteiger partial charge in [0.25, 0.3) is 0 Å². The second kappa shape index (κ2) is 30.1. The monoisotopic (exact) mass is 1230 g/mol. The number of hydrogen-bond acceptors (Lipinski definition) is 15. The average molecular weight is 1230 g/mol. The van der Waals surface area contributed by atoms with Crippen LogP contribution in [0.25, 0.3) is 0 Å². The van der Waals surface area contributed by atoms with Crippen molar-refractivity contribution in [2.45, 2.75) is 107 Å². The lowest BCUT2D eigenvalue weighted by Crippen LogP contribution is -2.62. The van der Waals surface area contributed by atoms with Crippen molar-refractivity contribution in [2.24, 2.45) is 0 Å². The number of carbonyl (C=O) groups is 5. The van der Waals surface area contributed by atoms with Crippen LogP contribution >= 0.6 is 0 Å². The third-order valence-corrected chi connectivity index (χ3v) is 16.4. The summed E-state index contributed by atoms with van der Waals surface area (Å²) in [6.07, 6.45) is -8.25. The van der Waals surface area contributed by atoms with Crippen molar-refractivity contribution < 1.29 is 78.3 Å². The number of fused-ring (bicyclic) bond motifs is 2. The Bertz CT molecular complexity index is 3710. The number of aliphatic hydroxyl groups excluding tert-OH is 5. The molecule has 2 amide bonds. The molecule has 6 N–H and O–H groups in total. The second-order valence-electron chi connectivity index (χ2n) is 22.2. The van der Waals surface area contributed by atoms with Crippen LogP contribution < -0.4 is 9.47 Å². The predicted octanol–water partition coefficient (Wildman–Crippen LogP) is 7.85. The molecule has 0 bridgehead atoms. The Balaban J connectivity index is 0.000000211. The summed E-state index contributed by atoms with van der Waals surface area (Å²) in [5, 5.41) is 62.5. The van der Waals surface area contributed by atoms with Crippen LogP contribution in [0.5, 0.6) is 11.5 Å². The number of hydrogen-bond donors (Lipinski definition) is 6. The zero-order valence-electron chi connectivity index (χ0n) is 49.6. The van der Waals surface area contributed by atoms with Crippen molar-refractivity contribution in [1.82, 2.24) is 9.80 Å². The first kappa shape index (κ1) is 64.2. The lowest BCUT2D eigenvalue weighted by atomic mass is 9.86. The molecule has 0 spiro atoms. The molecule has 1 fully saturated rings. The number of ether oxygens (including phenoxy) is 5.